The van der Waals surface area contributed by atoms with Crippen LogP contribution in [0, 0.1) is 11.8 Å². The number of aromatic hydroxyl groups is 1. The number of aliphatic hydroxyl groups is 1. The van der Waals surface area contributed by atoms with Crippen LogP contribution in [0.15, 0.2) is 54.7 Å². The molecule has 0 bridgehead atoms. The number of nitrogens with one attached hydrogen (secondary N) is 7. The molecular formula is C42H58N8O11. The average molecular weight is 851 g/mol. The molecule has 7 atom stereocenters. The number of phenolic OH excluding ortho intramolecular Hbond substituents is 1. The number of carbonyl (C=O) groups excluding carboxylic acids is 7. The van der Waals surface area contributed by atoms with Crippen LogP contribution < -0.4 is 37.6 Å². The number of aliphatic carboxylic acids is 1. The number of aromatic amines is 1. The van der Waals surface area contributed by atoms with Crippen molar-refractivity contribution in [2.24, 2.45) is 17.6 Å². The van der Waals surface area contributed by atoms with Gasteiger partial charge >= 0.3 is 5.97 Å². The number of carboxylic acid groups (broad SMARTS) is 1. The van der Waals surface area contributed by atoms with Gasteiger partial charge in [0.05, 0.1) is 13.2 Å². The van der Waals surface area contributed by atoms with Gasteiger partial charge < -0.3 is 62.7 Å². The fourth-order valence-corrected chi connectivity index (χ4v) is 6.47. The molecule has 332 valence electrons. The van der Waals surface area contributed by atoms with Gasteiger partial charge in [0.1, 0.15) is 48.3 Å². The predicted octanol–water partition coefficient (Wildman–Crippen LogP) is -0.326. The minimum atomic E-state index is -1.54. The van der Waals surface area contributed by atoms with Crippen molar-refractivity contribution in [3.05, 3.63) is 65.9 Å². The molecule has 0 unspecified atom stereocenters. The van der Waals surface area contributed by atoms with Crippen molar-refractivity contribution in [3.63, 3.8) is 0 Å². The van der Waals surface area contributed by atoms with Crippen LogP contribution in [-0.4, -0.2) is 117 Å². The third-order valence-electron chi connectivity index (χ3n) is 10.0. The molecule has 0 saturated carbocycles. The number of aliphatic hydroxyl groups excluding tert-OH is 1. The number of hydrogen-bond donors (Lipinski definition) is 11. The first-order valence-electron chi connectivity index (χ1n) is 20.1. The van der Waals surface area contributed by atoms with Crippen LogP contribution in [-0.2, 0) is 51.2 Å². The van der Waals surface area contributed by atoms with Gasteiger partial charge in [0.2, 0.25) is 35.4 Å². The molecule has 1 heterocycles. The maximum atomic E-state index is 14.2. The van der Waals surface area contributed by atoms with Crippen LogP contribution in [0.1, 0.15) is 64.5 Å². The number of H-pyrrole nitrogens is 1. The van der Waals surface area contributed by atoms with Crippen LogP contribution in [0.2, 0.25) is 0 Å². The monoisotopic (exact) mass is 850 g/mol. The maximum Gasteiger partial charge on any atom is 0.303 e. The molecule has 0 saturated heterocycles. The number of carbonyl (C=O) groups is 8. The van der Waals surface area contributed by atoms with E-state index in [1.165, 1.54) is 24.3 Å². The number of aromatic nitrogens is 1. The Morgan fingerprint density at radius 1 is 0.754 bits per heavy atom. The molecule has 0 aliphatic heterocycles. The number of benzene rings is 2. The molecule has 0 spiro atoms. The Hall–Kier alpha value is -6.34. The van der Waals surface area contributed by atoms with Gasteiger partial charge in [-0.2, -0.15) is 0 Å². The summed E-state index contributed by atoms with van der Waals surface area (Å²) in [6.45, 7) is 5.93. The molecule has 3 aromatic rings. The van der Waals surface area contributed by atoms with E-state index in [1.807, 2.05) is 38.1 Å². The summed E-state index contributed by atoms with van der Waals surface area (Å²) in [7, 11) is 0. The normalized spacial score (nSPS) is 14.6. The van der Waals surface area contributed by atoms with Gasteiger partial charge in [-0.05, 0) is 54.0 Å². The molecule has 3 rings (SSSR count). The van der Waals surface area contributed by atoms with Gasteiger partial charge in [0, 0.05) is 36.4 Å². The maximum absolute atomic E-state index is 14.2. The Kier molecular flexibility index (Phi) is 19.3. The molecule has 2 aromatic carbocycles. The van der Waals surface area contributed by atoms with Crippen molar-refractivity contribution >= 4 is 58.6 Å². The molecule has 0 aliphatic carbocycles. The summed E-state index contributed by atoms with van der Waals surface area (Å²) in [6.07, 6.45) is 1.38. The molecular weight excluding hydrogens is 793 g/mol. The lowest BCUT2D eigenvalue weighted by atomic mass is 9.97. The van der Waals surface area contributed by atoms with Crippen LogP contribution in [0.3, 0.4) is 0 Å². The highest BCUT2D eigenvalue weighted by atomic mass is 16.4. The highest BCUT2D eigenvalue weighted by Gasteiger charge is 2.35. The van der Waals surface area contributed by atoms with Gasteiger partial charge in [0.15, 0.2) is 0 Å². The van der Waals surface area contributed by atoms with Gasteiger partial charge in [-0.1, -0.05) is 64.4 Å². The summed E-state index contributed by atoms with van der Waals surface area (Å²) in [5.41, 5.74) is 7.57. The zero-order valence-electron chi connectivity index (χ0n) is 34.7. The highest BCUT2D eigenvalue weighted by Crippen LogP contribution is 2.20. The Morgan fingerprint density at radius 3 is 1.93 bits per heavy atom. The summed E-state index contributed by atoms with van der Waals surface area (Å²) in [4.78, 5) is 108. The van der Waals surface area contributed by atoms with Crippen molar-refractivity contribution < 1.29 is 53.7 Å². The summed E-state index contributed by atoms with van der Waals surface area (Å²) in [6, 6.07) is 5.27. The zero-order chi connectivity index (χ0) is 45.2. The SMILES string of the molecule is CC[C@H](C)[C@H](NC(=O)[C@H](CCC(=O)O)NC(=O)[C@H](Cc1ccc(O)cc1)NC(=O)[C@H](CC(C)C)NC(=O)[C@H](Cc1c[nH]c2ccccc12)NC(=O)CN)C(=O)N[C@H](C=O)CO. The zero-order valence-corrected chi connectivity index (χ0v) is 34.7. The third kappa shape index (κ3) is 15.3. The number of para-hydroxylation sites is 1. The fourth-order valence-electron chi connectivity index (χ4n) is 6.47. The van der Waals surface area contributed by atoms with Crippen molar-refractivity contribution in [2.45, 2.75) is 102 Å². The Labute approximate surface area is 353 Å². The smallest absolute Gasteiger partial charge is 0.303 e. The number of aldehydes is 1. The van der Waals surface area contributed by atoms with Crippen molar-refractivity contribution in [2.75, 3.05) is 13.2 Å². The molecule has 19 nitrogen and oxygen atoms in total. The third-order valence-corrected chi connectivity index (χ3v) is 10.0. The Balaban J connectivity index is 1.93. The van der Waals surface area contributed by atoms with E-state index in [4.69, 9.17) is 5.73 Å². The lowest BCUT2D eigenvalue weighted by molar-refractivity contribution is -0.139. The van der Waals surface area contributed by atoms with Crippen LogP contribution >= 0.6 is 0 Å². The summed E-state index contributed by atoms with van der Waals surface area (Å²) in [5, 5.41) is 45.0. The topological polar surface area (TPSA) is 311 Å². The van der Waals surface area contributed by atoms with Crippen LogP contribution in [0.5, 0.6) is 5.75 Å². The van der Waals surface area contributed by atoms with Gasteiger partial charge in [0.25, 0.3) is 0 Å². The first-order chi connectivity index (χ1) is 29.0. The van der Waals surface area contributed by atoms with Crippen molar-refractivity contribution in [1.82, 2.24) is 36.9 Å². The fraction of sp³-hybridized carbons (Fsp3) is 0.476. The van der Waals surface area contributed by atoms with E-state index >= 15 is 0 Å². The minimum Gasteiger partial charge on any atom is -0.508 e. The first-order valence-corrected chi connectivity index (χ1v) is 20.1. The molecule has 19 heteroatoms. The number of carboxylic acids is 1. The second-order valence-electron chi connectivity index (χ2n) is 15.3. The molecule has 0 radical (unpaired) electrons. The average Bonchev–Trinajstić information content (AvgIpc) is 3.64. The highest BCUT2D eigenvalue weighted by molar-refractivity contribution is 5.97. The molecule has 6 amide bonds. The van der Waals surface area contributed by atoms with E-state index in [0.29, 0.717) is 18.3 Å². The van der Waals surface area contributed by atoms with E-state index in [-0.39, 0.29) is 30.9 Å². The molecule has 61 heavy (non-hydrogen) atoms. The standard InChI is InChI=1S/C42H58N8O11/c1-5-24(4)37(42(61)45-27(21-51)22-52)50-38(57)31(14-15-36(55)56)47-40(59)33(17-25-10-12-28(53)13-11-25)49-39(58)32(16-23(2)3)48-41(60)34(46-35(54)19-43)18-26-20-44-30-9-7-6-8-29(26)30/h6-13,20-21,23-24,27,31-34,37,44,52-53H,5,14-19,22,43H2,1-4H3,(H,45,61)(H,46,54)(H,47,59)(H,48,60)(H,49,58)(H,50,57)(H,55,56)/t24-,27+,31-,32-,33-,34-,37-/m0/s1. The van der Waals surface area contributed by atoms with E-state index in [0.717, 1.165) is 16.5 Å². The van der Waals surface area contributed by atoms with Crippen LogP contribution in [0.25, 0.3) is 10.9 Å². The van der Waals surface area contributed by atoms with E-state index in [1.54, 1.807) is 20.0 Å². The summed E-state index contributed by atoms with van der Waals surface area (Å²) < 4.78 is 0. The van der Waals surface area contributed by atoms with Crippen molar-refractivity contribution in [1.29, 1.82) is 0 Å². The molecule has 0 aliphatic rings. The van der Waals surface area contributed by atoms with E-state index in [9.17, 15) is 53.7 Å². The predicted molar refractivity (Wildman–Crippen MR) is 223 cm³/mol. The second kappa shape index (κ2) is 24.0. The van der Waals surface area contributed by atoms with E-state index in [2.05, 4.69) is 36.9 Å². The molecule has 12 N–H and O–H groups in total. The molecule has 1 aromatic heterocycles. The second-order valence-corrected chi connectivity index (χ2v) is 15.3. The van der Waals surface area contributed by atoms with Crippen molar-refractivity contribution in [3.8, 4) is 5.75 Å². The number of hydrogen-bond acceptors (Lipinski definition) is 11. The summed E-state index contributed by atoms with van der Waals surface area (Å²) in [5.74, 6) is -6.75. The largest absolute Gasteiger partial charge is 0.508 e. The van der Waals surface area contributed by atoms with Gasteiger partial charge in [-0.15, -0.1) is 0 Å². The quantitative estimate of drug-likeness (QED) is 0.0489. The number of amides is 6. The number of nitrogens with two attached hydrogens (primary N) is 1. The van der Waals surface area contributed by atoms with Gasteiger partial charge in [-0.25, -0.2) is 0 Å². The van der Waals surface area contributed by atoms with E-state index < -0.39 is 110 Å². The number of phenols is 1. The Bertz CT molecular complexity index is 1990. The molecule has 0 fully saturated rings. The van der Waals surface area contributed by atoms with Gasteiger partial charge in [-0.3, -0.25) is 33.6 Å². The number of fused-ring (bicyclic) bond motifs is 1. The lowest BCUT2D eigenvalue weighted by Gasteiger charge is -2.29. The lowest BCUT2D eigenvalue weighted by Crippen LogP contribution is -2.60. The summed E-state index contributed by atoms with van der Waals surface area (Å²) >= 11 is 0. The minimum absolute atomic E-state index is 0.0436. The van der Waals surface area contributed by atoms with Crippen LogP contribution in [0.4, 0.5) is 0 Å². The Morgan fingerprint density at radius 2 is 1.34 bits per heavy atom. The first kappa shape index (κ1) is 49.0. The number of rotatable bonds is 25.